The van der Waals surface area contributed by atoms with Gasteiger partial charge < -0.3 is 16.0 Å². The van der Waals surface area contributed by atoms with Gasteiger partial charge in [-0.25, -0.2) is 0 Å². The number of likely N-dealkylation sites (tertiary alicyclic amines) is 1. The van der Waals surface area contributed by atoms with Crippen LogP contribution in [0.15, 0.2) is 0 Å². The molecule has 1 aliphatic carbocycles. The van der Waals surface area contributed by atoms with E-state index in [-0.39, 0.29) is 41.7 Å². The smallest absolute Gasteiger partial charge is 0.226 e. The Labute approximate surface area is 120 Å². The van der Waals surface area contributed by atoms with Crippen LogP contribution in [0, 0.1) is 17.8 Å². The van der Waals surface area contributed by atoms with E-state index in [2.05, 4.69) is 12.2 Å². The summed E-state index contributed by atoms with van der Waals surface area (Å²) in [5.41, 5.74) is 6.13. The molecule has 5 nitrogen and oxygen atoms in total. The van der Waals surface area contributed by atoms with Crippen LogP contribution in [0.25, 0.3) is 0 Å². The summed E-state index contributed by atoms with van der Waals surface area (Å²) in [5.74, 6) is 0.676. The van der Waals surface area contributed by atoms with Crippen molar-refractivity contribution in [3.8, 4) is 0 Å². The average molecular weight is 279 g/mol. The van der Waals surface area contributed by atoms with Crippen molar-refractivity contribution in [3.63, 3.8) is 0 Å². The predicted octanol–water partition coefficient (Wildman–Crippen LogP) is 0.487. The van der Waals surface area contributed by atoms with Crippen LogP contribution in [0.1, 0.15) is 39.0 Å². The highest BCUT2D eigenvalue weighted by atomic mass is 16.2. The van der Waals surface area contributed by atoms with Crippen molar-refractivity contribution in [2.75, 3.05) is 13.1 Å². The van der Waals surface area contributed by atoms with E-state index in [1.807, 2.05) is 4.90 Å². The van der Waals surface area contributed by atoms with Crippen molar-refractivity contribution in [2.45, 2.75) is 51.1 Å². The van der Waals surface area contributed by atoms with Crippen molar-refractivity contribution >= 4 is 11.8 Å². The Balaban J connectivity index is 1.74. The minimum atomic E-state index is 0.0141. The summed E-state index contributed by atoms with van der Waals surface area (Å²) in [6.45, 7) is 3.53. The second-order valence-electron chi connectivity index (χ2n) is 6.65. The molecule has 0 aromatic heterocycles. The second-order valence-corrected chi connectivity index (χ2v) is 6.65. The largest absolute Gasteiger partial charge is 0.354 e. The van der Waals surface area contributed by atoms with Gasteiger partial charge in [-0.1, -0.05) is 13.3 Å². The molecular formula is C15H25N3O2. The summed E-state index contributed by atoms with van der Waals surface area (Å²) >= 11 is 0. The number of rotatable bonds is 1. The van der Waals surface area contributed by atoms with Crippen LogP contribution in [0.4, 0.5) is 0 Å². The van der Waals surface area contributed by atoms with E-state index in [1.165, 1.54) is 0 Å². The molecule has 3 N–H and O–H groups in total. The van der Waals surface area contributed by atoms with Crippen LogP contribution in [0.5, 0.6) is 0 Å². The minimum absolute atomic E-state index is 0.0141. The number of nitrogens with zero attached hydrogens (tertiary/aromatic N) is 1. The summed E-state index contributed by atoms with van der Waals surface area (Å²) in [5, 5.41) is 2.91. The molecule has 1 saturated carbocycles. The Morgan fingerprint density at radius 2 is 2.10 bits per heavy atom. The number of carbonyl (C=O) groups excluding carboxylic acids is 2. The molecule has 3 aliphatic rings. The van der Waals surface area contributed by atoms with E-state index in [0.29, 0.717) is 6.54 Å². The monoisotopic (exact) mass is 279 g/mol. The topological polar surface area (TPSA) is 75.4 Å². The quantitative estimate of drug-likeness (QED) is 0.733. The zero-order chi connectivity index (χ0) is 14.3. The predicted molar refractivity (Wildman–Crippen MR) is 75.7 cm³/mol. The SMILES string of the molecule is CC1C(N)CCCC1C(=O)N1CCCC2C(=O)NCC21. The first-order valence-electron chi connectivity index (χ1n) is 7.93. The maximum atomic E-state index is 12.9. The van der Waals surface area contributed by atoms with Crippen LogP contribution in [-0.4, -0.2) is 41.9 Å². The van der Waals surface area contributed by atoms with E-state index >= 15 is 0 Å². The number of piperidine rings is 1. The third kappa shape index (κ3) is 2.22. The molecule has 5 unspecified atom stereocenters. The van der Waals surface area contributed by atoms with Crippen molar-refractivity contribution in [1.82, 2.24) is 10.2 Å². The molecule has 0 radical (unpaired) electrons. The fraction of sp³-hybridized carbons (Fsp3) is 0.867. The standard InChI is InChI=1S/C15H25N3O2/c1-9-10(4-2-6-12(9)16)15(20)18-7-3-5-11-13(18)8-17-14(11)19/h9-13H,2-8,16H2,1H3,(H,17,19). The molecule has 2 heterocycles. The lowest BCUT2D eigenvalue weighted by Crippen LogP contribution is -2.53. The summed E-state index contributed by atoms with van der Waals surface area (Å²) in [6.07, 6.45) is 4.87. The van der Waals surface area contributed by atoms with Gasteiger partial charge in [-0.3, -0.25) is 9.59 Å². The van der Waals surface area contributed by atoms with Crippen molar-refractivity contribution in [1.29, 1.82) is 0 Å². The lowest BCUT2D eigenvalue weighted by Gasteiger charge is -2.41. The Morgan fingerprint density at radius 3 is 2.90 bits per heavy atom. The molecule has 0 spiro atoms. The first-order chi connectivity index (χ1) is 9.59. The number of fused-ring (bicyclic) bond motifs is 1. The highest BCUT2D eigenvalue weighted by molar-refractivity contribution is 5.85. The normalized spacial score (nSPS) is 41.2. The molecule has 2 aliphatic heterocycles. The van der Waals surface area contributed by atoms with Gasteiger partial charge in [0, 0.05) is 25.0 Å². The van der Waals surface area contributed by atoms with Crippen LogP contribution >= 0.6 is 0 Å². The van der Waals surface area contributed by atoms with E-state index < -0.39 is 0 Å². The van der Waals surface area contributed by atoms with Crippen molar-refractivity contribution in [2.24, 2.45) is 23.5 Å². The van der Waals surface area contributed by atoms with Crippen LogP contribution in [0.3, 0.4) is 0 Å². The number of amides is 2. The zero-order valence-corrected chi connectivity index (χ0v) is 12.2. The third-order valence-corrected chi connectivity index (χ3v) is 5.56. The lowest BCUT2D eigenvalue weighted by molar-refractivity contribution is -0.143. The molecule has 0 aromatic carbocycles. The lowest BCUT2D eigenvalue weighted by atomic mass is 9.76. The first kappa shape index (κ1) is 13.9. The van der Waals surface area contributed by atoms with Crippen molar-refractivity contribution in [3.05, 3.63) is 0 Å². The summed E-state index contributed by atoms with van der Waals surface area (Å²) in [6, 6.07) is 0.218. The van der Waals surface area contributed by atoms with Crippen LogP contribution < -0.4 is 11.1 Å². The Bertz CT molecular complexity index is 412. The van der Waals surface area contributed by atoms with Gasteiger partial charge in [-0.05, 0) is 31.6 Å². The third-order valence-electron chi connectivity index (χ3n) is 5.56. The molecule has 0 bridgehead atoms. The minimum Gasteiger partial charge on any atom is -0.354 e. The second kappa shape index (κ2) is 5.35. The van der Waals surface area contributed by atoms with Gasteiger partial charge in [-0.2, -0.15) is 0 Å². The molecule has 0 aromatic rings. The molecule has 5 heteroatoms. The molecule has 3 fully saturated rings. The van der Waals surface area contributed by atoms with Gasteiger partial charge in [0.15, 0.2) is 0 Å². The Kier molecular flexibility index (Phi) is 3.71. The fourth-order valence-electron chi connectivity index (χ4n) is 4.18. The Hall–Kier alpha value is -1.10. The van der Waals surface area contributed by atoms with Gasteiger partial charge in [0.25, 0.3) is 0 Å². The van der Waals surface area contributed by atoms with Gasteiger partial charge in [0.05, 0.1) is 12.0 Å². The molecule has 2 saturated heterocycles. The molecular weight excluding hydrogens is 254 g/mol. The number of hydrogen-bond donors (Lipinski definition) is 2. The summed E-state index contributed by atoms with van der Waals surface area (Å²) in [4.78, 5) is 26.7. The van der Waals surface area contributed by atoms with E-state index in [9.17, 15) is 9.59 Å². The van der Waals surface area contributed by atoms with Crippen molar-refractivity contribution < 1.29 is 9.59 Å². The van der Waals surface area contributed by atoms with E-state index in [1.54, 1.807) is 0 Å². The van der Waals surface area contributed by atoms with Crippen LogP contribution in [-0.2, 0) is 9.59 Å². The fourth-order valence-corrected chi connectivity index (χ4v) is 4.18. The molecule has 20 heavy (non-hydrogen) atoms. The summed E-state index contributed by atoms with van der Waals surface area (Å²) in [7, 11) is 0. The van der Waals surface area contributed by atoms with E-state index in [4.69, 9.17) is 5.73 Å². The number of carbonyl (C=O) groups is 2. The average Bonchev–Trinajstić information content (AvgIpc) is 2.83. The van der Waals surface area contributed by atoms with Crippen LogP contribution in [0.2, 0.25) is 0 Å². The molecule has 5 atom stereocenters. The van der Waals surface area contributed by atoms with Gasteiger partial charge in [-0.15, -0.1) is 0 Å². The molecule has 3 rings (SSSR count). The van der Waals surface area contributed by atoms with E-state index in [0.717, 1.165) is 38.6 Å². The van der Waals surface area contributed by atoms with Gasteiger partial charge in [0.1, 0.15) is 0 Å². The zero-order valence-electron chi connectivity index (χ0n) is 12.2. The molecule has 112 valence electrons. The highest BCUT2D eigenvalue weighted by Gasteiger charge is 2.45. The maximum absolute atomic E-state index is 12.9. The maximum Gasteiger partial charge on any atom is 0.226 e. The number of nitrogens with two attached hydrogens (primary N) is 1. The number of nitrogens with one attached hydrogen (secondary N) is 1. The van der Waals surface area contributed by atoms with Gasteiger partial charge in [0.2, 0.25) is 11.8 Å². The van der Waals surface area contributed by atoms with Gasteiger partial charge >= 0.3 is 0 Å². The number of hydrogen-bond acceptors (Lipinski definition) is 3. The Morgan fingerprint density at radius 1 is 1.30 bits per heavy atom. The summed E-state index contributed by atoms with van der Waals surface area (Å²) < 4.78 is 0. The highest BCUT2D eigenvalue weighted by Crippen LogP contribution is 2.34. The molecule has 2 amide bonds. The first-order valence-corrected chi connectivity index (χ1v) is 7.93.